The molecule has 1 aromatic carbocycles. The molecule has 0 aliphatic carbocycles. The molecule has 86 valence electrons. The van der Waals surface area contributed by atoms with E-state index >= 15 is 0 Å². The van der Waals surface area contributed by atoms with Gasteiger partial charge >= 0.3 is 0 Å². The molecular formula is C12H9ClN2O2. The molecule has 0 bridgehead atoms. The predicted octanol–water partition coefficient (Wildman–Crippen LogP) is 2.77. The van der Waals surface area contributed by atoms with Crippen molar-refractivity contribution in [2.45, 2.75) is 0 Å². The summed E-state index contributed by atoms with van der Waals surface area (Å²) in [4.78, 5) is 16.0. The van der Waals surface area contributed by atoms with E-state index in [4.69, 9.17) is 16.8 Å². The molecule has 0 saturated heterocycles. The van der Waals surface area contributed by atoms with Gasteiger partial charge in [-0.1, -0.05) is 11.6 Å². The number of carbonyl (C=O) groups excluding carboxylic acids is 1. The van der Waals surface area contributed by atoms with Crippen LogP contribution >= 0.6 is 11.6 Å². The molecule has 17 heavy (non-hydrogen) atoms. The first-order valence-electron chi connectivity index (χ1n) is 4.87. The highest BCUT2D eigenvalue weighted by Gasteiger charge is 2.14. The number of rotatable bonds is 3. The van der Waals surface area contributed by atoms with Crippen LogP contribution in [0.3, 0.4) is 0 Å². The van der Waals surface area contributed by atoms with Gasteiger partial charge in [-0.3, -0.25) is 20.5 Å². The van der Waals surface area contributed by atoms with Gasteiger partial charge < -0.3 is 0 Å². The third-order valence-corrected chi connectivity index (χ3v) is 2.51. The quantitative estimate of drug-likeness (QED) is 0.648. The molecule has 1 aromatic heterocycles. The number of halogens is 1. The minimum Gasteiger partial charge on any atom is -0.291 e. The summed E-state index contributed by atoms with van der Waals surface area (Å²) in [5.74, 6) is -0.253. The molecule has 0 spiro atoms. The Kier molecular flexibility index (Phi) is 3.37. The average Bonchev–Trinajstić information content (AvgIpc) is 2.39. The van der Waals surface area contributed by atoms with Crippen molar-refractivity contribution >= 4 is 23.1 Å². The molecular weight excluding hydrogens is 240 g/mol. The third-order valence-electron chi connectivity index (χ3n) is 2.27. The Labute approximate surface area is 103 Å². The number of nitrogens with zero attached hydrogens (tertiary/aromatic N) is 1. The maximum absolute atomic E-state index is 12.1. The van der Waals surface area contributed by atoms with Crippen LogP contribution in [0.25, 0.3) is 0 Å². The van der Waals surface area contributed by atoms with Crippen molar-refractivity contribution in [3.8, 4) is 0 Å². The fourth-order valence-electron chi connectivity index (χ4n) is 1.45. The number of hydrogen-bond acceptors (Lipinski definition) is 4. The van der Waals surface area contributed by atoms with Crippen LogP contribution in [0.5, 0.6) is 0 Å². The summed E-state index contributed by atoms with van der Waals surface area (Å²) in [7, 11) is 0. The molecule has 2 rings (SSSR count). The van der Waals surface area contributed by atoms with E-state index in [1.54, 1.807) is 24.4 Å². The first-order chi connectivity index (χ1) is 8.22. The summed E-state index contributed by atoms with van der Waals surface area (Å²) in [6.07, 6.45) is 3.05. The molecule has 0 unspecified atom stereocenters. The van der Waals surface area contributed by atoms with Crippen LogP contribution in [0.1, 0.15) is 15.9 Å². The fourth-order valence-corrected chi connectivity index (χ4v) is 1.63. The number of nitrogens with one attached hydrogen (secondary N) is 1. The molecule has 1 heterocycles. The van der Waals surface area contributed by atoms with E-state index in [0.717, 1.165) is 0 Å². The molecule has 0 aliphatic heterocycles. The van der Waals surface area contributed by atoms with E-state index in [1.165, 1.54) is 18.3 Å². The predicted molar refractivity (Wildman–Crippen MR) is 64.5 cm³/mol. The van der Waals surface area contributed by atoms with E-state index in [9.17, 15) is 4.79 Å². The molecule has 0 fully saturated rings. The smallest absolute Gasteiger partial charge is 0.196 e. The van der Waals surface area contributed by atoms with Gasteiger partial charge in [-0.25, -0.2) is 0 Å². The van der Waals surface area contributed by atoms with Gasteiger partial charge in [0.25, 0.3) is 0 Å². The van der Waals surface area contributed by atoms with Gasteiger partial charge in [-0.15, -0.1) is 0 Å². The van der Waals surface area contributed by atoms with Crippen molar-refractivity contribution in [1.29, 1.82) is 0 Å². The molecule has 5 heteroatoms. The summed E-state index contributed by atoms with van der Waals surface area (Å²) in [5.41, 5.74) is 3.02. The van der Waals surface area contributed by atoms with Gasteiger partial charge in [0.1, 0.15) is 0 Å². The highest BCUT2D eigenvalue weighted by Crippen LogP contribution is 2.22. The highest BCUT2D eigenvalue weighted by molar-refractivity contribution is 6.31. The molecule has 0 aliphatic rings. The van der Waals surface area contributed by atoms with E-state index in [1.807, 2.05) is 5.48 Å². The number of pyridine rings is 1. The first-order valence-corrected chi connectivity index (χ1v) is 5.24. The molecule has 0 amide bonds. The second-order valence-corrected chi connectivity index (χ2v) is 3.81. The minimum absolute atomic E-state index is 0.253. The first kappa shape index (κ1) is 11.6. The second kappa shape index (κ2) is 4.95. The van der Waals surface area contributed by atoms with Gasteiger partial charge in [0.2, 0.25) is 0 Å². The van der Waals surface area contributed by atoms with Crippen LogP contribution in [0.15, 0.2) is 42.7 Å². The van der Waals surface area contributed by atoms with Crippen LogP contribution in [0.2, 0.25) is 5.02 Å². The van der Waals surface area contributed by atoms with Crippen molar-refractivity contribution in [2.24, 2.45) is 0 Å². The zero-order valence-corrected chi connectivity index (χ0v) is 9.48. The minimum atomic E-state index is -0.253. The van der Waals surface area contributed by atoms with Crippen molar-refractivity contribution in [3.05, 3.63) is 58.9 Å². The molecule has 0 radical (unpaired) electrons. The number of aromatic nitrogens is 1. The normalized spacial score (nSPS) is 10.0. The lowest BCUT2D eigenvalue weighted by Crippen LogP contribution is -2.06. The van der Waals surface area contributed by atoms with E-state index in [0.29, 0.717) is 21.8 Å². The van der Waals surface area contributed by atoms with Crippen LogP contribution in [-0.2, 0) is 0 Å². The van der Waals surface area contributed by atoms with Crippen LogP contribution in [0, 0.1) is 0 Å². The van der Waals surface area contributed by atoms with Crippen LogP contribution < -0.4 is 5.48 Å². The number of carbonyl (C=O) groups is 1. The third kappa shape index (κ3) is 2.43. The zero-order chi connectivity index (χ0) is 12.3. The standard InChI is InChI=1S/C12H9ClN2O2/c13-9-3-4-11(15-17)10(6-9)12(16)8-2-1-5-14-7-8/h1-7,15,17H. The zero-order valence-electron chi connectivity index (χ0n) is 8.72. The summed E-state index contributed by atoms with van der Waals surface area (Å²) in [6.45, 7) is 0. The van der Waals surface area contributed by atoms with Crippen LogP contribution in [-0.4, -0.2) is 16.0 Å². The Bertz CT molecular complexity index is 543. The Morgan fingerprint density at radius 3 is 2.82 bits per heavy atom. The average molecular weight is 249 g/mol. The van der Waals surface area contributed by atoms with Gasteiger partial charge in [0.15, 0.2) is 5.78 Å². The molecule has 2 N–H and O–H groups in total. The summed E-state index contributed by atoms with van der Waals surface area (Å²) >= 11 is 5.83. The summed E-state index contributed by atoms with van der Waals surface area (Å²) in [5, 5.41) is 9.37. The summed E-state index contributed by atoms with van der Waals surface area (Å²) < 4.78 is 0. The Morgan fingerprint density at radius 2 is 2.18 bits per heavy atom. The van der Waals surface area contributed by atoms with Gasteiger partial charge in [-0.05, 0) is 30.3 Å². The number of benzene rings is 1. The lowest BCUT2D eigenvalue weighted by molar-refractivity contribution is 0.103. The topological polar surface area (TPSA) is 62.2 Å². The van der Waals surface area contributed by atoms with Gasteiger partial charge in [-0.2, -0.15) is 0 Å². The largest absolute Gasteiger partial charge is 0.291 e. The monoisotopic (exact) mass is 248 g/mol. The van der Waals surface area contributed by atoms with Crippen molar-refractivity contribution in [3.63, 3.8) is 0 Å². The Hall–Kier alpha value is -1.91. The highest BCUT2D eigenvalue weighted by atomic mass is 35.5. The Morgan fingerprint density at radius 1 is 1.35 bits per heavy atom. The van der Waals surface area contributed by atoms with Crippen molar-refractivity contribution in [1.82, 2.24) is 4.98 Å². The van der Waals surface area contributed by atoms with Crippen molar-refractivity contribution in [2.75, 3.05) is 5.48 Å². The van der Waals surface area contributed by atoms with Crippen molar-refractivity contribution < 1.29 is 10.0 Å². The maximum atomic E-state index is 12.1. The fraction of sp³-hybridized carbons (Fsp3) is 0. The number of anilines is 1. The number of ketones is 1. The maximum Gasteiger partial charge on any atom is 0.196 e. The van der Waals surface area contributed by atoms with E-state index in [2.05, 4.69) is 4.98 Å². The van der Waals surface area contributed by atoms with E-state index < -0.39 is 0 Å². The number of hydrogen-bond donors (Lipinski definition) is 2. The second-order valence-electron chi connectivity index (χ2n) is 3.37. The SMILES string of the molecule is O=C(c1cccnc1)c1cc(Cl)ccc1NO. The van der Waals surface area contributed by atoms with Crippen LogP contribution in [0.4, 0.5) is 5.69 Å². The van der Waals surface area contributed by atoms with Gasteiger partial charge in [0.05, 0.1) is 5.69 Å². The lowest BCUT2D eigenvalue weighted by Gasteiger charge is -2.07. The molecule has 4 nitrogen and oxygen atoms in total. The lowest BCUT2D eigenvalue weighted by atomic mass is 10.0. The molecule has 0 atom stereocenters. The van der Waals surface area contributed by atoms with Gasteiger partial charge in [0, 0.05) is 28.5 Å². The summed E-state index contributed by atoms with van der Waals surface area (Å²) in [6, 6.07) is 7.93. The Balaban J connectivity index is 2.47. The van der Waals surface area contributed by atoms with E-state index in [-0.39, 0.29) is 5.78 Å². The molecule has 2 aromatic rings. The molecule has 0 saturated carbocycles.